The van der Waals surface area contributed by atoms with Crippen LogP contribution in [0.25, 0.3) is 0 Å². The quantitative estimate of drug-likeness (QED) is 0.767. The zero-order chi connectivity index (χ0) is 16.0. The lowest BCUT2D eigenvalue weighted by atomic mass is 9.79. The molecule has 0 bridgehead atoms. The zero-order valence-corrected chi connectivity index (χ0v) is 13.7. The van der Waals surface area contributed by atoms with Crippen LogP contribution in [-0.4, -0.2) is 11.6 Å². The number of aryl methyl sites for hydroxylation is 2. The summed E-state index contributed by atoms with van der Waals surface area (Å²) in [5.41, 5.74) is 5.34. The number of nitrogens with zero attached hydrogens (tertiary/aromatic N) is 2. The van der Waals surface area contributed by atoms with Gasteiger partial charge in [-0.3, -0.25) is 4.79 Å². The fourth-order valence-electron chi connectivity index (χ4n) is 3.37. The summed E-state index contributed by atoms with van der Waals surface area (Å²) >= 11 is 6.17. The van der Waals surface area contributed by atoms with Crippen LogP contribution in [0.4, 0.5) is 5.69 Å². The van der Waals surface area contributed by atoms with Crippen molar-refractivity contribution in [2.24, 2.45) is 11.0 Å². The number of fused-ring (bicyclic) bond motifs is 3. The molecule has 2 aliphatic rings. The van der Waals surface area contributed by atoms with Crippen molar-refractivity contribution in [3.05, 3.63) is 64.2 Å². The van der Waals surface area contributed by atoms with E-state index in [2.05, 4.69) is 6.07 Å². The van der Waals surface area contributed by atoms with E-state index in [0.29, 0.717) is 11.4 Å². The Morgan fingerprint density at radius 1 is 1.17 bits per heavy atom. The van der Waals surface area contributed by atoms with E-state index >= 15 is 0 Å². The molecule has 23 heavy (non-hydrogen) atoms. The predicted molar refractivity (Wildman–Crippen MR) is 93.1 cm³/mol. The minimum atomic E-state index is 0.0630. The highest BCUT2D eigenvalue weighted by atomic mass is 35.5. The van der Waals surface area contributed by atoms with Crippen LogP contribution in [0.1, 0.15) is 29.5 Å². The van der Waals surface area contributed by atoms with Crippen LogP contribution >= 0.6 is 11.6 Å². The van der Waals surface area contributed by atoms with Gasteiger partial charge in [0.25, 0.3) is 0 Å². The molecule has 1 heterocycles. The Kier molecular flexibility index (Phi) is 3.46. The van der Waals surface area contributed by atoms with Gasteiger partial charge in [0.05, 0.1) is 11.4 Å². The van der Waals surface area contributed by atoms with Gasteiger partial charge in [0.1, 0.15) is 0 Å². The van der Waals surface area contributed by atoms with E-state index in [0.717, 1.165) is 29.8 Å². The third kappa shape index (κ3) is 2.55. The number of hydrazone groups is 1. The summed E-state index contributed by atoms with van der Waals surface area (Å²) in [4.78, 5) is 12.5. The summed E-state index contributed by atoms with van der Waals surface area (Å²) in [5.74, 6) is 0.267. The van der Waals surface area contributed by atoms with E-state index in [-0.39, 0.29) is 11.8 Å². The maximum absolute atomic E-state index is 12.5. The highest BCUT2D eigenvalue weighted by Crippen LogP contribution is 2.34. The van der Waals surface area contributed by atoms with Gasteiger partial charge in [0.15, 0.2) is 0 Å². The molecule has 0 saturated heterocycles. The smallest absolute Gasteiger partial charge is 0.248 e. The number of halogens is 1. The number of amides is 1. The van der Waals surface area contributed by atoms with Crippen LogP contribution < -0.4 is 5.01 Å². The Hall–Kier alpha value is -2.13. The topological polar surface area (TPSA) is 32.7 Å². The van der Waals surface area contributed by atoms with Gasteiger partial charge in [0, 0.05) is 22.9 Å². The molecule has 1 unspecified atom stereocenters. The Morgan fingerprint density at radius 3 is 2.74 bits per heavy atom. The molecular weight excluding hydrogens is 308 g/mol. The van der Waals surface area contributed by atoms with Crippen molar-refractivity contribution < 1.29 is 4.79 Å². The zero-order valence-electron chi connectivity index (χ0n) is 12.9. The van der Waals surface area contributed by atoms with Crippen LogP contribution in [0.2, 0.25) is 5.02 Å². The highest BCUT2D eigenvalue weighted by Gasteiger charge is 2.34. The van der Waals surface area contributed by atoms with Crippen molar-refractivity contribution in [3.63, 3.8) is 0 Å². The van der Waals surface area contributed by atoms with Gasteiger partial charge in [0.2, 0.25) is 5.91 Å². The van der Waals surface area contributed by atoms with E-state index in [1.165, 1.54) is 11.1 Å². The molecule has 0 N–H and O–H groups in total. The summed E-state index contributed by atoms with van der Waals surface area (Å²) < 4.78 is 0. The Morgan fingerprint density at radius 2 is 1.96 bits per heavy atom. The first kappa shape index (κ1) is 14.5. The van der Waals surface area contributed by atoms with E-state index in [9.17, 15) is 4.79 Å². The van der Waals surface area contributed by atoms with Gasteiger partial charge in [-0.1, -0.05) is 35.4 Å². The van der Waals surface area contributed by atoms with Crippen molar-refractivity contribution in [2.45, 2.75) is 26.2 Å². The van der Waals surface area contributed by atoms with Crippen molar-refractivity contribution in [3.8, 4) is 0 Å². The summed E-state index contributed by atoms with van der Waals surface area (Å²) in [7, 11) is 0. The number of hydrogen-bond donors (Lipinski definition) is 0. The lowest BCUT2D eigenvalue weighted by Gasteiger charge is -2.33. The molecular formula is C19H17ClN2O. The van der Waals surface area contributed by atoms with E-state index < -0.39 is 0 Å². The van der Waals surface area contributed by atoms with Gasteiger partial charge in [-0.15, -0.1) is 0 Å². The molecule has 1 aliphatic heterocycles. The first-order chi connectivity index (χ1) is 11.1. The molecule has 3 nitrogen and oxygen atoms in total. The van der Waals surface area contributed by atoms with Crippen LogP contribution in [0.3, 0.4) is 0 Å². The largest absolute Gasteiger partial charge is 0.273 e. The lowest BCUT2D eigenvalue weighted by molar-refractivity contribution is -0.119. The maximum atomic E-state index is 12.5. The van der Waals surface area contributed by atoms with Crippen LogP contribution in [0.5, 0.6) is 0 Å². The number of anilines is 1. The third-order valence-electron chi connectivity index (χ3n) is 4.64. The normalized spacial score (nSPS) is 19.9. The number of benzene rings is 2. The molecule has 2 aromatic rings. The first-order valence-electron chi connectivity index (χ1n) is 7.89. The maximum Gasteiger partial charge on any atom is 0.248 e. The van der Waals surface area contributed by atoms with Crippen molar-refractivity contribution in [2.75, 3.05) is 5.01 Å². The average Bonchev–Trinajstić information content (AvgIpc) is 2.55. The second-order valence-electron chi connectivity index (χ2n) is 6.27. The molecule has 1 amide bonds. The summed E-state index contributed by atoms with van der Waals surface area (Å²) in [6.45, 7) is 2.03. The van der Waals surface area contributed by atoms with Crippen molar-refractivity contribution >= 4 is 28.9 Å². The van der Waals surface area contributed by atoms with E-state index in [1.807, 2.05) is 43.3 Å². The molecule has 0 aromatic heterocycles. The molecule has 4 heteroatoms. The van der Waals surface area contributed by atoms with Gasteiger partial charge >= 0.3 is 0 Å². The predicted octanol–water partition coefficient (Wildman–Crippen LogP) is 4.35. The molecule has 4 rings (SSSR count). The van der Waals surface area contributed by atoms with Gasteiger partial charge in [-0.2, -0.15) is 5.10 Å². The number of rotatable bonds is 1. The molecule has 0 fully saturated rings. The molecule has 116 valence electrons. The van der Waals surface area contributed by atoms with Gasteiger partial charge in [-0.25, -0.2) is 5.01 Å². The molecule has 2 aromatic carbocycles. The number of carbonyl (C=O) groups excluding carboxylic acids is 1. The number of carbonyl (C=O) groups is 1. The minimum absolute atomic E-state index is 0.0630. The SMILES string of the molecule is Cc1ccc(N2N=C3c4cc(Cl)ccc4CCC3CC2=O)cc1. The first-order valence-corrected chi connectivity index (χ1v) is 8.26. The standard InChI is InChI=1S/C19H17ClN2O/c1-12-2-8-16(9-3-12)22-18(23)10-14-5-4-13-6-7-15(20)11-17(13)19(14)21-22/h2-3,6-9,11,14H,4-5,10H2,1H3. The second-order valence-corrected chi connectivity index (χ2v) is 6.70. The third-order valence-corrected chi connectivity index (χ3v) is 4.88. The summed E-state index contributed by atoms with van der Waals surface area (Å²) in [6, 6.07) is 13.9. The Bertz CT molecular complexity index is 811. The number of hydrogen-bond acceptors (Lipinski definition) is 2. The second kappa shape index (κ2) is 5.50. The molecule has 0 saturated carbocycles. The van der Waals surface area contributed by atoms with Crippen molar-refractivity contribution in [1.82, 2.24) is 0 Å². The summed E-state index contributed by atoms with van der Waals surface area (Å²) in [6.07, 6.45) is 2.47. The van der Waals surface area contributed by atoms with Gasteiger partial charge in [-0.05, 0) is 49.6 Å². The fraction of sp³-hybridized carbons (Fsp3) is 0.263. The fourth-order valence-corrected chi connectivity index (χ4v) is 3.55. The van der Waals surface area contributed by atoms with E-state index in [1.54, 1.807) is 5.01 Å². The average molecular weight is 325 g/mol. The van der Waals surface area contributed by atoms with Crippen LogP contribution in [0, 0.1) is 12.8 Å². The Balaban J connectivity index is 1.81. The van der Waals surface area contributed by atoms with Gasteiger partial charge < -0.3 is 0 Å². The minimum Gasteiger partial charge on any atom is -0.273 e. The van der Waals surface area contributed by atoms with Crippen molar-refractivity contribution in [1.29, 1.82) is 0 Å². The molecule has 1 atom stereocenters. The lowest BCUT2D eigenvalue weighted by Crippen LogP contribution is -2.39. The Labute approximate surface area is 140 Å². The molecule has 0 spiro atoms. The van der Waals surface area contributed by atoms with Crippen LogP contribution in [0.15, 0.2) is 47.6 Å². The molecule has 0 radical (unpaired) electrons. The monoisotopic (exact) mass is 324 g/mol. The summed E-state index contributed by atoms with van der Waals surface area (Å²) in [5, 5.41) is 6.97. The van der Waals surface area contributed by atoms with E-state index in [4.69, 9.17) is 16.7 Å². The van der Waals surface area contributed by atoms with Crippen LogP contribution in [-0.2, 0) is 11.2 Å². The highest BCUT2D eigenvalue weighted by molar-refractivity contribution is 6.31. The molecule has 1 aliphatic carbocycles.